The quantitative estimate of drug-likeness (QED) is 0.763. The zero-order valence-electron chi connectivity index (χ0n) is 12.5. The molecule has 0 aliphatic rings. The summed E-state index contributed by atoms with van der Waals surface area (Å²) in [5.41, 5.74) is 4.26. The smallest absolute Gasteiger partial charge is 0.255 e. The standard InChI is InChI=1S/C18H16N2OS/c1-12-7-3-4-8-14(12)18(21)20-16-10-6-5-9-15(16)17-11-22-13(2)19-17/h3-11H,1-2H3,(H,20,21). The summed E-state index contributed by atoms with van der Waals surface area (Å²) in [6.07, 6.45) is 0. The molecule has 0 saturated carbocycles. The van der Waals surface area contributed by atoms with Crippen LogP contribution >= 0.6 is 11.3 Å². The highest BCUT2D eigenvalue weighted by molar-refractivity contribution is 7.09. The van der Waals surface area contributed by atoms with Crippen molar-refractivity contribution in [3.8, 4) is 11.3 Å². The molecule has 0 radical (unpaired) electrons. The minimum absolute atomic E-state index is 0.0995. The summed E-state index contributed by atoms with van der Waals surface area (Å²) >= 11 is 1.60. The number of hydrogen-bond acceptors (Lipinski definition) is 3. The third-order valence-corrected chi connectivity index (χ3v) is 4.23. The second-order valence-electron chi connectivity index (χ2n) is 5.07. The van der Waals surface area contributed by atoms with Crippen molar-refractivity contribution >= 4 is 22.9 Å². The van der Waals surface area contributed by atoms with Crippen molar-refractivity contribution in [2.24, 2.45) is 0 Å². The Morgan fingerprint density at radius 2 is 1.77 bits per heavy atom. The Kier molecular flexibility index (Phi) is 4.02. The van der Waals surface area contributed by atoms with E-state index in [-0.39, 0.29) is 5.91 Å². The molecule has 2 aromatic carbocycles. The molecule has 3 aromatic rings. The molecule has 4 heteroatoms. The number of thiazole rings is 1. The van der Waals surface area contributed by atoms with Gasteiger partial charge in [0.15, 0.2) is 0 Å². The third kappa shape index (κ3) is 2.92. The van der Waals surface area contributed by atoms with Crippen molar-refractivity contribution in [3.05, 3.63) is 70.0 Å². The van der Waals surface area contributed by atoms with Crippen molar-refractivity contribution in [1.82, 2.24) is 4.98 Å². The lowest BCUT2D eigenvalue weighted by atomic mass is 10.1. The van der Waals surface area contributed by atoms with Crippen LogP contribution < -0.4 is 5.32 Å². The molecule has 0 unspecified atom stereocenters. The van der Waals surface area contributed by atoms with Crippen LogP contribution in [0.4, 0.5) is 5.69 Å². The van der Waals surface area contributed by atoms with Gasteiger partial charge in [-0.1, -0.05) is 36.4 Å². The second kappa shape index (κ2) is 6.12. The van der Waals surface area contributed by atoms with Gasteiger partial charge in [0.1, 0.15) is 0 Å². The lowest BCUT2D eigenvalue weighted by Gasteiger charge is -2.11. The first-order valence-corrected chi connectivity index (χ1v) is 7.91. The number of carbonyl (C=O) groups excluding carboxylic acids is 1. The molecule has 0 atom stereocenters. The summed E-state index contributed by atoms with van der Waals surface area (Å²) in [4.78, 5) is 17.0. The Hall–Kier alpha value is -2.46. The number of carbonyl (C=O) groups is 1. The van der Waals surface area contributed by atoms with Crippen LogP contribution in [0.3, 0.4) is 0 Å². The molecule has 1 amide bonds. The van der Waals surface area contributed by atoms with E-state index < -0.39 is 0 Å². The number of hydrogen-bond donors (Lipinski definition) is 1. The fourth-order valence-electron chi connectivity index (χ4n) is 2.32. The average molecular weight is 308 g/mol. The Morgan fingerprint density at radius 1 is 1.05 bits per heavy atom. The Morgan fingerprint density at radius 3 is 2.50 bits per heavy atom. The minimum atomic E-state index is -0.0995. The molecular formula is C18H16N2OS. The first kappa shape index (κ1) is 14.5. The molecule has 3 rings (SSSR count). The van der Waals surface area contributed by atoms with Gasteiger partial charge in [-0.25, -0.2) is 4.98 Å². The maximum atomic E-state index is 12.5. The first-order chi connectivity index (χ1) is 10.6. The third-order valence-electron chi connectivity index (χ3n) is 3.46. The maximum Gasteiger partial charge on any atom is 0.255 e. The molecule has 3 nitrogen and oxygen atoms in total. The molecule has 0 fully saturated rings. The van der Waals surface area contributed by atoms with E-state index in [1.807, 2.05) is 67.8 Å². The van der Waals surface area contributed by atoms with E-state index >= 15 is 0 Å². The van der Waals surface area contributed by atoms with Gasteiger partial charge in [0.05, 0.1) is 16.4 Å². The van der Waals surface area contributed by atoms with Gasteiger partial charge in [0, 0.05) is 16.5 Å². The van der Waals surface area contributed by atoms with Crippen molar-refractivity contribution < 1.29 is 4.79 Å². The summed E-state index contributed by atoms with van der Waals surface area (Å²) in [7, 11) is 0. The molecule has 0 bridgehead atoms. The molecule has 110 valence electrons. The fraction of sp³-hybridized carbons (Fsp3) is 0.111. The Bertz CT molecular complexity index is 823. The van der Waals surface area contributed by atoms with Crippen LogP contribution in [0.15, 0.2) is 53.9 Å². The van der Waals surface area contributed by atoms with Crippen LogP contribution in [0.25, 0.3) is 11.3 Å². The number of amides is 1. The van der Waals surface area contributed by atoms with E-state index in [1.54, 1.807) is 11.3 Å². The van der Waals surface area contributed by atoms with Crippen molar-refractivity contribution in [2.45, 2.75) is 13.8 Å². The van der Waals surface area contributed by atoms with Crippen molar-refractivity contribution in [2.75, 3.05) is 5.32 Å². The van der Waals surface area contributed by atoms with Crippen LogP contribution in [-0.4, -0.2) is 10.9 Å². The van der Waals surface area contributed by atoms with Gasteiger partial charge in [0.2, 0.25) is 0 Å². The topological polar surface area (TPSA) is 42.0 Å². The Balaban J connectivity index is 1.93. The van der Waals surface area contributed by atoms with E-state index in [2.05, 4.69) is 10.3 Å². The highest BCUT2D eigenvalue weighted by Gasteiger charge is 2.13. The summed E-state index contributed by atoms with van der Waals surface area (Å²) in [6, 6.07) is 15.3. The zero-order chi connectivity index (χ0) is 15.5. The lowest BCUT2D eigenvalue weighted by Crippen LogP contribution is -2.13. The molecule has 22 heavy (non-hydrogen) atoms. The molecular weight excluding hydrogens is 292 g/mol. The molecule has 1 N–H and O–H groups in total. The normalized spacial score (nSPS) is 10.5. The minimum Gasteiger partial charge on any atom is -0.321 e. The van der Waals surface area contributed by atoms with Gasteiger partial charge in [-0.15, -0.1) is 11.3 Å². The number of rotatable bonds is 3. The van der Waals surface area contributed by atoms with Crippen LogP contribution in [0.5, 0.6) is 0 Å². The van der Waals surface area contributed by atoms with Crippen LogP contribution in [0.1, 0.15) is 20.9 Å². The monoisotopic (exact) mass is 308 g/mol. The highest BCUT2D eigenvalue weighted by Crippen LogP contribution is 2.29. The van der Waals surface area contributed by atoms with Crippen molar-refractivity contribution in [1.29, 1.82) is 0 Å². The predicted octanol–water partition coefficient (Wildman–Crippen LogP) is 4.68. The fourth-order valence-corrected chi connectivity index (χ4v) is 2.93. The summed E-state index contributed by atoms with van der Waals surface area (Å²) in [5, 5.41) is 6.02. The molecule has 0 aliphatic heterocycles. The molecule has 0 aliphatic carbocycles. The number of para-hydroxylation sites is 1. The Labute approximate surface area is 133 Å². The molecule has 1 aromatic heterocycles. The number of nitrogens with zero attached hydrogens (tertiary/aromatic N) is 1. The van der Waals surface area contributed by atoms with E-state index in [4.69, 9.17) is 0 Å². The number of aryl methyl sites for hydroxylation is 2. The second-order valence-corrected chi connectivity index (χ2v) is 6.13. The van der Waals surface area contributed by atoms with Gasteiger partial charge < -0.3 is 5.32 Å². The zero-order valence-corrected chi connectivity index (χ0v) is 13.3. The van der Waals surface area contributed by atoms with E-state index in [0.717, 1.165) is 27.5 Å². The molecule has 0 saturated heterocycles. The van der Waals surface area contributed by atoms with Crippen LogP contribution in [-0.2, 0) is 0 Å². The van der Waals surface area contributed by atoms with Gasteiger partial charge in [-0.3, -0.25) is 4.79 Å². The number of benzene rings is 2. The number of aromatic nitrogens is 1. The maximum absolute atomic E-state index is 12.5. The van der Waals surface area contributed by atoms with E-state index in [1.165, 1.54) is 0 Å². The van der Waals surface area contributed by atoms with Crippen molar-refractivity contribution in [3.63, 3.8) is 0 Å². The van der Waals surface area contributed by atoms with Crippen LogP contribution in [0.2, 0.25) is 0 Å². The van der Waals surface area contributed by atoms with Gasteiger partial charge >= 0.3 is 0 Å². The lowest BCUT2D eigenvalue weighted by molar-refractivity contribution is 0.102. The molecule has 1 heterocycles. The first-order valence-electron chi connectivity index (χ1n) is 7.03. The van der Waals surface area contributed by atoms with Gasteiger partial charge in [-0.2, -0.15) is 0 Å². The SMILES string of the molecule is Cc1nc(-c2ccccc2NC(=O)c2ccccc2C)cs1. The summed E-state index contributed by atoms with van der Waals surface area (Å²) < 4.78 is 0. The van der Waals surface area contributed by atoms with E-state index in [0.29, 0.717) is 5.56 Å². The average Bonchev–Trinajstić information content (AvgIpc) is 2.94. The largest absolute Gasteiger partial charge is 0.321 e. The number of nitrogens with one attached hydrogen (secondary N) is 1. The van der Waals surface area contributed by atoms with Gasteiger partial charge in [-0.05, 0) is 31.5 Å². The predicted molar refractivity (Wildman–Crippen MR) is 91.4 cm³/mol. The van der Waals surface area contributed by atoms with E-state index in [9.17, 15) is 4.79 Å². The molecule has 0 spiro atoms. The van der Waals surface area contributed by atoms with Crippen LogP contribution in [0, 0.1) is 13.8 Å². The highest BCUT2D eigenvalue weighted by atomic mass is 32.1. The number of anilines is 1. The summed E-state index contributed by atoms with van der Waals surface area (Å²) in [6.45, 7) is 3.91. The van der Waals surface area contributed by atoms with Gasteiger partial charge in [0.25, 0.3) is 5.91 Å². The summed E-state index contributed by atoms with van der Waals surface area (Å²) in [5.74, 6) is -0.0995.